The van der Waals surface area contributed by atoms with Crippen molar-refractivity contribution < 1.29 is 14.3 Å². The van der Waals surface area contributed by atoms with Crippen molar-refractivity contribution in [2.75, 3.05) is 12.4 Å². The Bertz CT molecular complexity index is 443. The molecule has 20 heavy (non-hydrogen) atoms. The van der Waals surface area contributed by atoms with Crippen molar-refractivity contribution in [3.8, 4) is 0 Å². The number of nitrogens with one attached hydrogen (secondary N) is 1. The van der Waals surface area contributed by atoms with E-state index in [2.05, 4.69) is 28.9 Å². The number of rotatable bonds is 8. The number of nitrogens with zero attached hydrogens (tertiary/aromatic N) is 1. The fourth-order valence-electron chi connectivity index (χ4n) is 1.60. The van der Waals surface area contributed by atoms with E-state index in [9.17, 15) is 9.59 Å². The second-order valence-electron chi connectivity index (χ2n) is 5.05. The van der Waals surface area contributed by atoms with Gasteiger partial charge < -0.3 is 10.1 Å². The number of hydrogen-bond acceptors (Lipinski definition) is 5. The molecule has 0 unspecified atom stereocenters. The average Bonchev–Trinajstić information content (AvgIpc) is 2.83. The highest BCUT2D eigenvalue weighted by molar-refractivity contribution is 7.13. The quantitative estimate of drug-likeness (QED) is 0.749. The van der Waals surface area contributed by atoms with Crippen molar-refractivity contribution >= 4 is 28.3 Å². The van der Waals surface area contributed by atoms with E-state index in [0.29, 0.717) is 36.7 Å². The van der Waals surface area contributed by atoms with Crippen LogP contribution in [-0.4, -0.2) is 24.0 Å². The van der Waals surface area contributed by atoms with Crippen molar-refractivity contribution in [1.82, 2.24) is 4.98 Å². The molecular weight excluding hydrogens is 276 g/mol. The summed E-state index contributed by atoms with van der Waals surface area (Å²) in [7, 11) is 1.38. The number of ether oxygens (including phenoxy) is 1. The number of carbonyl (C=O) groups is 2. The Kier molecular flexibility index (Phi) is 7.22. The molecule has 0 bridgehead atoms. The summed E-state index contributed by atoms with van der Waals surface area (Å²) in [5.74, 6) is 0.322. The lowest BCUT2D eigenvalue weighted by molar-refractivity contribution is -0.140. The van der Waals surface area contributed by atoms with Crippen LogP contribution in [0.3, 0.4) is 0 Å². The molecule has 0 aromatic carbocycles. The van der Waals surface area contributed by atoms with E-state index >= 15 is 0 Å². The van der Waals surface area contributed by atoms with Crippen LogP contribution in [-0.2, 0) is 20.7 Å². The summed E-state index contributed by atoms with van der Waals surface area (Å²) in [6.45, 7) is 4.19. The lowest BCUT2D eigenvalue weighted by Gasteiger charge is -2.03. The topological polar surface area (TPSA) is 68.3 Å². The zero-order valence-corrected chi connectivity index (χ0v) is 13.1. The normalized spacial score (nSPS) is 10.6. The lowest BCUT2D eigenvalue weighted by Crippen LogP contribution is -2.12. The Labute approximate surface area is 123 Å². The van der Waals surface area contributed by atoms with Gasteiger partial charge in [0, 0.05) is 18.2 Å². The van der Waals surface area contributed by atoms with Crippen LogP contribution in [0.25, 0.3) is 0 Å². The second-order valence-corrected chi connectivity index (χ2v) is 5.91. The molecule has 1 N–H and O–H groups in total. The number of esters is 1. The summed E-state index contributed by atoms with van der Waals surface area (Å²) in [6, 6.07) is 0. The van der Waals surface area contributed by atoms with Gasteiger partial charge in [0.05, 0.1) is 12.8 Å². The highest BCUT2D eigenvalue weighted by atomic mass is 32.1. The zero-order chi connectivity index (χ0) is 15.0. The molecule has 0 aliphatic heterocycles. The number of methoxy groups -OCH3 is 1. The molecule has 0 atom stereocenters. The maximum atomic E-state index is 11.7. The molecule has 0 radical (unpaired) electrons. The van der Waals surface area contributed by atoms with Crippen molar-refractivity contribution in [2.24, 2.45) is 5.92 Å². The SMILES string of the molecule is COC(=O)CCCc1csc(NC(=O)CCC(C)C)n1. The van der Waals surface area contributed by atoms with Gasteiger partial charge in [-0.05, 0) is 25.2 Å². The third-order valence-electron chi connectivity index (χ3n) is 2.79. The van der Waals surface area contributed by atoms with Crippen molar-refractivity contribution in [3.05, 3.63) is 11.1 Å². The molecule has 0 fully saturated rings. The summed E-state index contributed by atoms with van der Waals surface area (Å²) in [6.07, 6.45) is 3.22. The molecule has 0 saturated heterocycles. The van der Waals surface area contributed by atoms with E-state index in [0.717, 1.165) is 12.1 Å². The molecule has 1 aromatic heterocycles. The summed E-state index contributed by atoms with van der Waals surface area (Å²) in [5, 5.41) is 5.35. The van der Waals surface area contributed by atoms with E-state index in [1.54, 1.807) is 0 Å². The minimum absolute atomic E-state index is 0.00848. The van der Waals surface area contributed by atoms with Crippen LogP contribution in [0.1, 0.15) is 45.2 Å². The predicted molar refractivity (Wildman–Crippen MR) is 79.8 cm³/mol. The monoisotopic (exact) mass is 298 g/mol. The molecule has 5 nitrogen and oxygen atoms in total. The Morgan fingerprint density at radius 1 is 1.40 bits per heavy atom. The minimum Gasteiger partial charge on any atom is -0.469 e. The molecule has 0 spiro atoms. The van der Waals surface area contributed by atoms with E-state index in [4.69, 9.17) is 0 Å². The van der Waals surface area contributed by atoms with E-state index in [1.807, 2.05) is 5.38 Å². The van der Waals surface area contributed by atoms with Crippen molar-refractivity contribution in [3.63, 3.8) is 0 Å². The van der Waals surface area contributed by atoms with Gasteiger partial charge in [0.25, 0.3) is 0 Å². The van der Waals surface area contributed by atoms with E-state index < -0.39 is 0 Å². The summed E-state index contributed by atoms with van der Waals surface area (Å²) >= 11 is 1.42. The first-order valence-electron chi connectivity index (χ1n) is 6.82. The van der Waals surface area contributed by atoms with E-state index in [-0.39, 0.29) is 11.9 Å². The summed E-state index contributed by atoms with van der Waals surface area (Å²) < 4.78 is 4.58. The van der Waals surface area contributed by atoms with Gasteiger partial charge in [0.1, 0.15) is 0 Å². The first-order chi connectivity index (χ1) is 9.51. The summed E-state index contributed by atoms with van der Waals surface area (Å²) in [5.41, 5.74) is 0.901. The Hall–Kier alpha value is -1.43. The van der Waals surface area contributed by atoms with Crippen LogP contribution in [0.4, 0.5) is 5.13 Å². The van der Waals surface area contributed by atoms with Crippen molar-refractivity contribution in [1.29, 1.82) is 0 Å². The van der Waals surface area contributed by atoms with Gasteiger partial charge in [-0.3, -0.25) is 9.59 Å². The van der Waals surface area contributed by atoms with Gasteiger partial charge in [-0.1, -0.05) is 13.8 Å². The summed E-state index contributed by atoms with van der Waals surface area (Å²) in [4.78, 5) is 27.0. The van der Waals surface area contributed by atoms with Gasteiger partial charge in [0.15, 0.2) is 5.13 Å². The standard InChI is InChI=1S/C14H22N2O3S/c1-10(2)7-8-12(17)16-14-15-11(9-20-14)5-4-6-13(18)19-3/h9-10H,4-8H2,1-3H3,(H,15,16,17). The van der Waals surface area contributed by atoms with Gasteiger partial charge in [-0.25, -0.2) is 4.98 Å². The van der Waals surface area contributed by atoms with Gasteiger partial charge in [0.2, 0.25) is 5.91 Å². The zero-order valence-electron chi connectivity index (χ0n) is 12.3. The number of amides is 1. The molecule has 1 rings (SSSR count). The number of hydrogen-bond donors (Lipinski definition) is 1. The Morgan fingerprint density at radius 3 is 2.80 bits per heavy atom. The fraction of sp³-hybridized carbons (Fsp3) is 0.643. The number of thiazole rings is 1. The van der Waals surface area contributed by atoms with Gasteiger partial charge in [-0.2, -0.15) is 0 Å². The maximum absolute atomic E-state index is 11.7. The number of aryl methyl sites for hydroxylation is 1. The highest BCUT2D eigenvalue weighted by Crippen LogP contribution is 2.17. The molecule has 1 amide bonds. The smallest absolute Gasteiger partial charge is 0.305 e. The molecule has 6 heteroatoms. The Balaban J connectivity index is 2.32. The molecule has 112 valence electrons. The number of anilines is 1. The van der Waals surface area contributed by atoms with Crippen LogP contribution < -0.4 is 5.32 Å². The third-order valence-corrected chi connectivity index (χ3v) is 3.59. The maximum Gasteiger partial charge on any atom is 0.305 e. The minimum atomic E-state index is -0.206. The molecule has 1 aromatic rings. The average molecular weight is 298 g/mol. The van der Waals surface area contributed by atoms with Crippen molar-refractivity contribution in [2.45, 2.75) is 46.0 Å². The Morgan fingerprint density at radius 2 is 2.15 bits per heavy atom. The molecule has 0 aliphatic carbocycles. The molecule has 0 saturated carbocycles. The predicted octanol–water partition coefficient (Wildman–Crippen LogP) is 3.01. The van der Waals surface area contributed by atoms with Crippen LogP contribution >= 0.6 is 11.3 Å². The fourth-order valence-corrected chi connectivity index (χ4v) is 2.36. The number of carbonyl (C=O) groups excluding carboxylic acids is 2. The van der Waals surface area contributed by atoms with Crippen LogP contribution in [0.5, 0.6) is 0 Å². The molecular formula is C14H22N2O3S. The van der Waals surface area contributed by atoms with Crippen LogP contribution in [0, 0.1) is 5.92 Å². The van der Waals surface area contributed by atoms with Crippen LogP contribution in [0.2, 0.25) is 0 Å². The first-order valence-corrected chi connectivity index (χ1v) is 7.70. The largest absolute Gasteiger partial charge is 0.469 e. The highest BCUT2D eigenvalue weighted by Gasteiger charge is 2.08. The molecule has 1 heterocycles. The first kappa shape index (κ1) is 16.6. The van der Waals surface area contributed by atoms with Gasteiger partial charge in [-0.15, -0.1) is 11.3 Å². The van der Waals surface area contributed by atoms with E-state index in [1.165, 1.54) is 18.4 Å². The van der Waals surface area contributed by atoms with Gasteiger partial charge >= 0.3 is 5.97 Å². The molecule has 0 aliphatic rings. The second kappa shape index (κ2) is 8.68. The third kappa shape index (κ3) is 6.65. The lowest BCUT2D eigenvalue weighted by atomic mass is 10.1. The van der Waals surface area contributed by atoms with Crippen LogP contribution in [0.15, 0.2) is 5.38 Å². The number of aromatic nitrogens is 1.